The first-order valence-electron chi connectivity index (χ1n) is 7.65. The highest BCUT2D eigenvalue weighted by Gasteiger charge is 2.58. The fourth-order valence-electron chi connectivity index (χ4n) is 3.25. The molecule has 0 aromatic heterocycles. The average molecular weight is 338 g/mol. The number of rotatable bonds is 4. The summed E-state index contributed by atoms with van der Waals surface area (Å²) >= 11 is 0. The number of ether oxygens (including phenoxy) is 4. The van der Waals surface area contributed by atoms with Crippen LogP contribution in [0.15, 0.2) is 23.3 Å². The Bertz CT molecular complexity index is 600. The maximum absolute atomic E-state index is 12.3. The molecule has 0 N–H and O–H groups in total. The van der Waals surface area contributed by atoms with Crippen LogP contribution in [-0.4, -0.2) is 50.4 Å². The van der Waals surface area contributed by atoms with Gasteiger partial charge in [-0.25, -0.2) is 0 Å². The van der Waals surface area contributed by atoms with Crippen LogP contribution < -0.4 is 0 Å². The van der Waals surface area contributed by atoms with Gasteiger partial charge in [-0.2, -0.15) is 0 Å². The van der Waals surface area contributed by atoms with Crippen LogP contribution in [0.4, 0.5) is 0 Å². The minimum Gasteiger partial charge on any atom is -0.469 e. The smallest absolute Gasteiger partial charge is 0.312 e. The maximum Gasteiger partial charge on any atom is 0.312 e. The molecule has 0 saturated carbocycles. The van der Waals surface area contributed by atoms with Crippen molar-refractivity contribution >= 4 is 17.9 Å². The van der Waals surface area contributed by atoms with Gasteiger partial charge in [-0.3, -0.25) is 14.4 Å². The zero-order valence-corrected chi connectivity index (χ0v) is 14.4. The second-order valence-electron chi connectivity index (χ2n) is 6.08. The van der Waals surface area contributed by atoms with Gasteiger partial charge in [0.05, 0.1) is 20.3 Å². The molecule has 0 unspecified atom stereocenters. The van der Waals surface area contributed by atoms with Crippen molar-refractivity contribution in [1.82, 2.24) is 0 Å². The van der Waals surface area contributed by atoms with E-state index < -0.39 is 48.1 Å². The van der Waals surface area contributed by atoms with Crippen LogP contribution in [0.3, 0.4) is 0 Å². The number of methoxy groups -OCH3 is 2. The van der Waals surface area contributed by atoms with E-state index in [1.807, 2.05) is 19.9 Å². The molecule has 2 aliphatic heterocycles. The molecule has 7 nitrogen and oxygen atoms in total. The normalized spacial score (nSPS) is 30.9. The Labute approximate surface area is 140 Å². The molecular weight excluding hydrogens is 316 g/mol. The van der Waals surface area contributed by atoms with Gasteiger partial charge in [-0.15, -0.1) is 0 Å². The van der Waals surface area contributed by atoms with Crippen molar-refractivity contribution in [1.29, 1.82) is 0 Å². The molecule has 0 aliphatic carbocycles. The third-order valence-corrected chi connectivity index (χ3v) is 4.09. The van der Waals surface area contributed by atoms with Crippen LogP contribution >= 0.6 is 0 Å². The molecule has 1 fully saturated rings. The van der Waals surface area contributed by atoms with Crippen LogP contribution in [0.5, 0.6) is 0 Å². The molecule has 2 bridgehead atoms. The van der Waals surface area contributed by atoms with Gasteiger partial charge >= 0.3 is 17.9 Å². The summed E-state index contributed by atoms with van der Waals surface area (Å²) in [6.07, 6.45) is 1.34. The van der Waals surface area contributed by atoms with Crippen LogP contribution in [-0.2, 0) is 33.3 Å². The molecule has 132 valence electrons. The fraction of sp³-hybridized carbons (Fsp3) is 0.588. The standard InChI is InChI=1S/C17H22O7/c1-8(2)6-10-7-11-12(16(19)21-4)13(17(20)22-5)15(24-11)14(10)23-9(3)18/h6-7,11-15H,1-5H3/t11-,12-,13-,14-,15-/m0/s1. The molecule has 0 radical (unpaired) electrons. The first-order valence-corrected chi connectivity index (χ1v) is 7.65. The number of carbonyl (C=O) groups is 3. The van der Waals surface area contributed by atoms with Gasteiger partial charge in [0.2, 0.25) is 0 Å². The van der Waals surface area contributed by atoms with Gasteiger partial charge in [0, 0.05) is 6.92 Å². The number of hydrogen-bond acceptors (Lipinski definition) is 7. The van der Waals surface area contributed by atoms with Gasteiger partial charge < -0.3 is 18.9 Å². The SMILES string of the molecule is COC(=O)[C@@H]1[C@@H]2O[C@@H](C=C(C=C(C)C)[C@@H]2OC(C)=O)[C@@H]1C(=O)OC. The van der Waals surface area contributed by atoms with E-state index in [0.717, 1.165) is 5.57 Å². The van der Waals surface area contributed by atoms with Crippen molar-refractivity contribution in [2.24, 2.45) is 11.8 Å². The summed E-state index contributed by atoms with van der Waals surface area (Å²) in [6.45, 7) is 5.09. The number of hydrogen-bond donors (Lipinski definition) is 0. The van der Waals surface area contributed by atoms with Crippen molar-refractivity contribution in [3.8, 4) is 0 Å². The van der Waals surface area contributed by atoms with Crippen LogP contribution in [0.2, 0.25) is 0 Å². The Morgan fingerprint density at radius 1 is 1.04 bits per heavy atom. The lowest BCUT2D eigenvalue weighted by Gasteiger charge is -2.30. The number of carbonyl (C=O) groups excluding carboxylic acids is 3. The summed E-state index contributed by atoms with van der Waals surface area (Å²) in [5.41, 5.74) is 1.69. The molecule has 7 heteroatoms. The van der Waals surface area contributed by atoms with Gasteiger partial charge in [-0.1, -0.05) is 11.6 Å². The summed E-state index contributed by atoms with van der Waals surface area (Å²) < 4.78 is 20.8. The molecule has 2 aliphatic rings. The zero-order chi connectivity index (χ0) is 18.0. The first kappa shape index (κ1) is 18.2. The van der Waals surface area contributed by atoms with Crippen molar-refractivity contribution in [2.45, 2.75) is 39.1 Å². The summed E-state index contributed by atoms with van der Waals surface area (Å²) in [5, 5.41) is 0. The summed E-state index contributed by atoms with van der Waals surface area (Å²) in [5.74, 6) is -3.40. The largest absolute Gasteiger partial charge is 0.469 e. The van der Waals surface area contributed by atoms with Crippen molar-refractivity contribution in [2.75, 3.05) is 14.2 Å². The number of allylic oxidation sites excluding steroid dienone is 1. The summed E-state index contributed by atoms with van der Waals surface area (Å²) in [4.78, 5) is 35.9. The predicted molar refractivity (Wildman–Crippen MR) is 82.7 cm³/mol. The van der Waals surface area contributed by atoms with E-state index in [1.165, 1.54) is 21.1 Å². The Morgan fingerprint density at radius 3 is 2.12 bits per heavy atom. The Hall–Kier alpha value is -2.15. The van der Waals surface area contributed by atoms with E-state index in [0.29, 0.717) is 5.57 Å². The van der Waals surface area contributed by atoms with Crippen molar-refractivity contribution < 1.29 is 33.3 Å². The molecule has 24 heavy (non-hydrogen) atoms. The third-order valence-electron chi connectivity index (χ3n) is 4.09. The molecule has 0 spiro atoms. The van der Waals surface area contributed by atoms with E-state index in [-0.39, 0.29) is 0 Å². The van der Waals surface area contributed by atoms with Gasteiger partial charge in [0.1, 0.15) is 17.9 Å². The highest BCUT2D eigenvalue weighted by Crippen LogP contribution is 2.43. The molecule has 2 heterocycles. The minimum atomic E-state index is -0.906. The van der Waals surface area contributed by atoms with E-state index in [9.17, 15) is 14.4 Å². The quantitative estimate of drug-likeness (QED) is 0.561. The van der Waals surface area contributed by atoms with Crippen LogP contribution in [0.1, 0.15) is 20.8 Å². The van der Waals surface area contributed by atoms with Crippen LogP contribution in [0.25, 0.3) is 0 Å². The second-order valence-corrected chi connectivity index (χ2v) is 6.08. The lowest BCUT2D eigenvalue weighted by atomic mass is 9.86. The molecular formula is C17H22O7. The summed E-state index contributed by atoms with van der Waals surface area (Å²) in [7, 11) is 2.49. The van der Waals surface area contributed by atoms with Crippen LogP contribution in [0, 0.1) is 11.8 Å². The van der Waals surface area contributed by atoms with Crippen molar-refractivity contribution in [3.05, 3.63) is 23.3 Å². The van der Waals surface area contributed by atoms with E-state index >= 15 is 0 Å². The summed E-state index contributed by atoms with van der Waals surface area (Å²) in [6, 6.07) is 0. The van der Waals surface area contributed by atoms with Gasteiger partial charge in [0.25, 0.3) is 0 Å². The topological polar surface area (TPSA) is 88.1 Å². The predicted octanol–water partition coefficient (Wildman–Crippen LogP) is 1.17. The van der Waals surface area contributed by atoms with Crippen molar-refractivity contribution in [3.63, 3.8) is 0 Å². The van der Waals surface area contributed by atoms with E-state index in [4.69, 9.17) is 18.9 Å². The molecule has 2 rings (SSSR count). The molecule has 0 amide bonds. The highest BCUT2D eigenvalue weighted by atomic mass is 16.6. The average Bonchev–Trinajstić information content (AvgIpc) is 2.83. The molecule has 5 atom stereocenters. The van der Waals surface area contributed by atoms with E-state index in [1.54, 1.807) is 6.08 Å². The number of fused-ring (bicyclic) bond motifs is 2. The second kappa shape index (κ2) is 7.17. The lowest BCUT2D eigenvalue weighted by molar-refractivity contribution is -0.161. The first-order chi connectivity index (χ1) is 11.3. The Kier molecular flexibility index (Phi) is 5.43. The monoisotopic (exact) mass is 338 g/mol. The number of esters is 3. The maximum atomic E-state index is 12.3. The van der Waals surface area contributed by atoms with Gasteiger partial charge in [0.15, 0.2) is 6.10 Å². The minimum absolute atomic E-state index is 0.500. The third kappa shape index (κ3) is 3.36. The Morgan fingerprint density at radius 2 is 1.62 bits per heavy atom. The molecule has 0 aromatic carbocycles. The highest BCUT2D eigenvalue weighted by molar-refractivity contribution is 5.84. The molecule has 0 aromatic rings. The van der Waals surface area contributed by atoms with E-state index in [2.05, 4.69) is 0 Å². The Balaban J connectivity index is 2.50. The van der Waals surface area contributed by atoms with Gasteiger partial charge in [-0.05, 0) is 25.5 Å². The molecule has 1 saturated heterocycles. The lowest BCUT2D eigenvalue weighted by Crippen LogP contribution is -2.42. The zero-order valence-electron chi connectivity index (χ0n) is 14.4. The fourth-order valence-corrected chi connectivity index (χ4v) is 3.25.